The van der Waals surface area contributed by atoms with Crippen molar-refractivity contribution in [3.8, 4) is 0 Å². The first kappa shape index (κ1) is 9.24. The Kier molecular flexibility index (Phi) is 4.67. The van der Waals surface area contributed by atoms with Crippen molar-refractivity contribution in [2.75, 3.05) is 0 Å². The molecule has 0 aromatic heterocycles. The van der Waals surface area contributed by atoms with Crippen LogP contribution in [-0.4, -0.2) is 16.3 Å². The van der Waals surface area contributed by atoms with Crippen LogP contribution in [0.4, 0.5) is 0 Å². The summed E-state index contributed by atoms with van der Waals surface area (Å²) in [4.78, 5) is 0. The van der Waals surface area contributed by atoms with Crippen molar-refractivity contribution in [1.82, 2.24) is 0 Å². The van der Waals surface area contributed by atoms with Gasteiger partial charge in [-0.15, -0.1) is 0 Å². The maximum absolute atomic E-state index is 8.90. The van der Waals surface area contributed by atoms with Gasteiger partial charge in [0.15, 0.2) is 0 Å². The lowest BCUT2D eigenvalue weighted by molar-refractivity contribution is 0.244. The average molecular weight is 142 g/mol. The largest absolute Gasteiger partial charge is 0.512 e. The maximum Gasteiger partial charge on any atom is 0.0919 e. The van der Waals surface area contributed by atoms with Gasteiger partial charge in [-0.05, 0) is 13.0 Å². The van der Waals surface area contributed by atoms with Crippen molar-refractivity contribution in [3.63, 3.8) is 0 Å². The van der Waals surface area contributed by atoms with Gasteiger partial charge in [0, 0.05) is 6.42 Å². The third kappa shape index (κ3) is 5.38. The Hall–Kier alpha value is -0.760. The molecular formula is C8H14O2. The number of hydrogen-bond acceptors (Lipinski definition) is 2. The molecule has 0 heterocycles. The lowest BCUT2D eigenvalue weighted by Crippen LogP contribution is -1.90. The van der Waals surface area contributed by atoms with Crippen molar-refractivity contribution >= 4 is 0 Å². The third-order valence-corrected chi connectivity index (χ3v) is 1.04. The minimum Gasteiger partial charge on any atom is -0.512 e. The highest BCUT2D eigenvalue weighted by molar-refractivity contribution is 5.07. The predicted octanol–water partition coefficient (Wildman–Crippen LogP) is 1.78. The van der Waals surface area contributed by atoms with Crippen molar-refractivity contribution in [1.29, 1.82) is 0 Å². The fourth-order valence-electron chi connectivity index (χ4n) is 0.445. The van der Waals surface area contributed by atoms with E-state index in [0.717, 1.165) is 0 Å². The molecule has 0 fully saturated rings. The van der Waals surface area contributed by atoms with Gasteiger partial charge < -0.3 is 10.2 Å². The first-order valence-electron chi connectivity index (χ1n) is 3.41. The molecule has 0 saturated heterocycles. The smallest absolute Gasteiger partial charge is 0.0919 e. The molecule has 2 heteroatoms. The topological polar surface area (TPSA) is 40.5 Å². The van der Waals surface area contributed by atoms with E-state index in [4.69, 9.17) is 10.2 Å². The molecule has 0 aliphatic heterocycles. The fourth-order valence-corrected chi connectivity index (χ4v) is 0.445. The van der Waals surface area contributed by atoms with Gasteiger partial charge >= 0.3 is 0 Å². The highest BCUT2D eigenvalue weighted by atomic mass is 16.3. The van der Waals surface area contributed by atoms with E-state index < -0.39 is 6.10 Å². The van der Waals surface area contributed by atoms with E-state index in [2.05, 4.69) is 0 Å². The van der Waals surface area contributed by atoms with E-state index in [1.165, 1.54) is 0 Å². The highest BCUT2D eigenvalue weighted by Crippen LogP contribution is 1.94. The SMILES string of the molecule is CCC(O)=CC=CC(C)O. The molecule has 0 aliphatic carbocycles. The Morgan fingerprint density at radius 1 is 1.60 bits per heavy atom. The zero-order valence-corrected chi connectivity index (χ0v) is 6.41. The number of hydrogen-bond donors (Lipinski definition) is 2. The molecule has 1 unspecified atom stereocenters. The van der Waals surface area contributed by atoms with Gasteiger partial charge in [-0.3, -0.25) is 0 Å². The van der Waals surface area contributed by atoms with Gasteiger partial charge in [0.2, 0.25) is 0 Å². The Balaban J connectivity index is 3.70. The molecule has 0 aromatic carbocycles. The Bertz CT molecular complexity index is 134. The van der Waals surface area contributed by atoms with Gasteiger partial charge in [-0.1, -0.05) is 19.1 Å². The number of allylic oxidation sites excluding steroid dienone is 3. The molecule has 0 saturated carbocycles. The Morgan fingerprint density at radius 2 is 2.20 bits per heavy atom. The van der Waals surface area contributed by atoms with Crippen LogP contribution in [0.15, 0.2) is 24.0 Å². The molecule has 0 aliphatic rings. The monoisotopic (exact) mass is 142 g/mol. The van der Waals surface area contributed by atoms with Crippen molar-refractivity contribution < 1.29 is 10.2 Å². The molecule has 1 atom stereocenters. The summed E-state index contributed by atoms with van der Waals surface area (Å²) in [6.07, 6.45) is 5.01. The van der Waals surface area contributed by atoms with E-state index in [-0.39, 0.29) is 0 Å². The molecule has 0 bridgehead atoms. The molecule has 0 spiro atoms. The van der Waals surface area contributed by atoms with Crippen LogP contribution >= 0.6 is 0 Å². The van der Waals surface area contributed by atoms with Gasteiger partial charge in [0.1, 0.15) is 0 Å². The van der Waals surface area contributed by atoms with Gasteiger partial charge in [-0.25, -0.2) is 0 Å². The molecule has 2 nitrogen and oxygen atoms in total. The number of aliphatic hydroxyl groups is 2. The van der Waals surface area contributed by atoms with Crippen molar-refractivity contribution in [2.24, 2.45) is 0 Å². The van der Waals surface area contributed by atoms with Crippen LogP contribution in [-0.2, 0) is 0 Å². The van der Waals surface area contributed by atoms with E-state index in [0.29, 0.717) is 12.2 Å². The molecule has 0 aromatic rings. The minimum atomic E-state index is -0.444. The third-order valence-electron chi connectivity index (χ3n) is 1.04. The van der Waals surface area contributed by atoms with Gasteiger partial charge in [-0.2, -0.15) is 0 Å². The van der Waals surface area contributed by atoms with Crippen LogP contribution in [0.25, 0.3) is 0 Å². The molecule has 58 valence electrons. The average Bonchev–Trinajstić information content (AvgIpc) is 1.87. The Morgan fingerprint density at radius 3 is 2.60 bits per heavy atom. The van der Waals surface area contributed by atoms with Crippen LogP contribution < -0.4 is 0 Å². The zero-order chi connectivity index (χ0) is 7.98. The molecule has 0 amide bonds. The number of aliphatic hydroxyl groups excluding tert-OH is 2. The van der Waals surface area contributed by atoms with Crippen molar-refractivity contribution in [2.45, 2.75) is 26.4 Å². The first-order chi connectivity index (χ1) is 4.66. The molecule has 0 rings (SSSR count). The lowest BCUT2D eigenvalue weighted by Gasteiger charge is -1.91. The fraction of sp³-hybridized carbons (Fsp3) is 0.500. The summed E-state index contributed by atoms with van der Waals surface area (Å²) in [5.41, 5.74) is 0. The second kappa shape index (κ2) is 5.06. The summed E-state index contributed by atoms with van der Waals surface area (Å²) in [7, 11) is 0. The second-order valence-corrected chi connectivity index (χ2v) is 2.14. The summed E-state index contributed by atoms with van der Waals surface area (Å²) >= 11 is 0. The van der Waals surface area contributed by atoms with Crippen LogP contribution in [0.3, 0.4) is 0 Å². The van der Waals surface area contributed by atoms with E-state index in [1.54, 1.807) is 25.2 Å². The summed E-state index contributed by atoms with van der Waals surface area (Å²) in [6.45, 7) is 3.52. The van der Waals surface area contributed by atoms with Crippen LogP contribution in [0, 0.1) is 0 Å². The summed E-state index contributed by atoms with van der Waals surface area (Å²) in [5.74, 6) is 0.330. The zero-order valence-electron chi connectivity index (χ0n) is 6.41. The van der Waals surface area contributed by atoms with Crippen LogP contribution in [0.2, 0.25) is 0 Å². The van der Waals surface area contributed by atoms with Gasteiger partial charge in [0.05, 0.1) is 11.9 Å². The molecular weight excluding hydrogens is 128 g/mol. The second-order valence-electron chi connectivity index (χ2n) is 2.14. The van der Waals surface area contributed by atoms with E-state index in [9.17, 15) is 0 Å². The summed E-state index contributed by atoms with van der Waals surface area (Å²) in [6, 6.07) is 0. The standard InChI is InChI=1S/C8H14O2/c1-3-8(10)6-4-5-7(2)9/h4-7,9-10H,3H2,1-2H3. The highest BCUT2D eigenvalue weighted by Gasteiger charge is 1.84. The Labute approximate surface area is 61.5 Å². The summed E-state index contributed by atoms with van der Waals surface area (Å²) in [5, 5.41) is 17.6. The minimum absolute atomic E-state index is 0.330. The van der Waals surface area contributed by atoms with Crippen LogP contribution in [0.1, 0.15) is 20.3 Å². The first-order valence-corrected chi connectivity index (χ1v) is 3.41. The quantitative estimate of drug-likeness (QED) is 0.465. The summed E-state index contributed by atoms with van der Waals surface area (Å²) < 4.78 is 0. The van der Waals surface area contributed by atoms with Crippen molar-refractivity contribution in [3.05, 3.63) is 24.0 Å². The predicted molar refractivity (Wildman–Crippen MR) is 41.8 cm³/mol. The molecule has 0 radical (unpaired) electrons. The van der Waals surface area contributed by atoms with E-state index in [1.807, 2.05) is 6.92 Å². The molecule has 2 N–H and O–H groups in total. The molecule has 10 heavy (non-hydrogen) atoms. The maximum atomic E-state index is 8.90. The number of rotatable bonds is 3. The van der Waals surface area contributed by atoms with Crippen LogP contribution in [0.5, 0.6) is 0 Å². The normalized spacial score (nSPS) is 16.1. The lowest BCUT2D eigenvalue weighted by atomic mass is 10.3. The van der Waals surface area contributed by atoms with E-state index >= 15 is 0 Å². The van der Waals surface area contributed by atoms with Gasteiger partial charge in [0.25, 0.3) is 0 Å².